The summed E-state index contributed by atoms with van der Waals surface area (Å²) in [6, 6.07) is 3.69. The smallest absolute Gasteiger partial charge is 0.230 e. The van der Waals surface area contributed by atoms with Gasteiger partial charge in [-0.2, -0.15) is 15.4 Å². The molecular formula is C10H8N6O. The Balaban J connectivity index is 2.20. The molecule has 0 aliphatic rings. The summed E-state index contributed by atoms with van der Waals surface area (Å²) >= 11 is 0. The number of nitrogens with one attached hydrogen (secondary N) is 1. The fourth-order valence-electron chi connectivity index (χ4n) is 1.58. The van der Waals surface area contributed by atoms with Gasteiger partial charge >= 0.3 is 0 Å². The summed E-state index contributed by atoms with van der Waals surface area (Å²) in [5.41, 5.74) is 8.38. The van der Waals surface area contributed by atoms with Crippen LogP contribution in [0.2, 0.25) is 0 Å². The fraction of sp³-hybridized carbons (Fsp3) is 0. The van der Waals surface area contributed by atoms with Crippen molar-refractivity contribution in [2.45, 2.75) is 0 Å². The summed E-state index contributed by atoms with van der Waals surface area (Å²) in [4.78, 5) is 4.04. The van der Waals surface area contributed by atoms with E-state index in [1.807, 2.05) is 12.1 Å². The molecule has 17 heavy (non-hydrogen) atoms. The fourth-order valence-corrected chi connectivity index (χ4v) is 1.58. The zero-order valence-electron chi connectivity index (χ0n) is 8.66. The van der Waals surface area contributed by atoms with E-state index in [9.17, 15) is 0 Å². The second-order valence-corrected chi connectivity index (χ2v) is 3.37. The molecule has 0 unspecified atom stereocenters. The van der Waals surface area contributed by atoms with Crippen LogP contribution in [0.1, 0.15) is 0 Å². The number of aromatic amines is 1. The first-order valence-corrected chi connectivity index (χ1v) is 4.88. The molecule has 3 N–H and O–H groups in total. The molecule has 0 atom stereocenters. The molecule has 7 heteroatoms. The number of anilines is 1. The van der Waals surface area contributed by atoms with Gasteiger partial charge in [0.25, 0.3) is 0 Å². The van der Waals surface area contributed by atoms with Crippen molar-refractivity contribution in [2.24, 2.45) is 0 Å². The second-order valence-electron chi connectivity index (χ2n) is 3.37. The van der Waals surface area contributed by atoms with Crippen molar-refractivity contribution >= 4 is 5.88 Å². The van der Waals surface area contributed by atoms with E-state index in [0.29, 0.717) is 17.0 Å². The molecule has 84 valence electrons. The zero-order valence-corrected chi connectivity index (χ0v) is 8.66. The molecule has 3 aromatic rings. The molecule has 7 nitrogen and oxygen atoms in total. The Morgan fingerprint density at radius 3 is 2.94 bits per heavy atom. The Morgan fingerprint density at radius 1 is 1.29 bits per heavy atom. The van der Waals surface area contributed by atoms with E-state index in [0.717, 1.165) is 5.56 Å². The highest BCUT2D eigenvalue weighted by atomic mass is 16.5. The van der Waals surface area contributed by atoms with Gasteiger partial charge in [0, 0.05) is 18.0 Å². The predicted octanol–water partition coefficient (Wildman–Crippen LogP) is 1.10. The molecule has 3 rings (SSSR count). The zero-order chi connectivity index (χ0) is 11.7. The van der Waals surface area contributed by atoms with Crippen LogP contribution in [0.5, 0.6) is 0 Å². The maximum atomic E-state index is 5.76. The van der Waals surface area contributed by atoms with E-state index < -0.39 is 0 Å². The van der Waals surface area contributed by atoms with Crippen LogP contribution in [0.3, 0.4) is 0 Å². The lowest BCUT2D eigenvalue weighted by atomic mass is 10.1. The van der Waals surface area contributed by atoms with Crippen LogP contribution in [0, 0.1) is 0 Å². The van der Waals surface area contributed by atoms with E-state index in [-0.39, 0.29) is 5.88 Å². The van der Waals surface area contributed by atoms with Crippen LogP contribution in [0.4, 0.5) is 5.88 Å². The molecule has 3 aromatic heterocycles. The minimum Gasteiger partial charge on any atom is -0.367 e. The number of hydrogen-bond acceptors (Lipinski definition) is 6. The summed E-state index contributed by atoms with van der Waals surface area (Å²) in [6.07, 6.45) is 4.92. The van der Waals surface area contributed by atoms with Crippen molar-refractivity contribution in [2.75, 3.05) is 5.73 Å². The lowest BCUT2D eigenvalue weighted by molar-refractivity contribution is 0.439. The summed E-state index contributed by atoms with van der Waals surface area (Å²) in [7, 11) is 0. The number of rotatable bonds is 2. The number of H-pyrrole nitrogens is 1. The Labute approximate surface area is 95.7 Å². The van der Waals surface area contributed by atoms with Gasteiger partial charge in [-0.05, 0) is 6.07 Å². The quantitative estimate of drug-likeness (QED) is 0.680. The Hall–Kier alpha value is -2.70. The topological polar surface area (TPSA) is 107 Å². The first-order chi connectivity index (χ1) is 8.36. The van der Waals surface area contributed by atoms with Gasteiger partial charge in [-0.15, -0.1) is 0 Å². The summed E-state index contributed by atoms with van der Waals surface area (Å²) in [5, 5.41) is 14.1. The van der Waals surface area contributed by atoms with E-state index in [1.54, 1.807) is 18.6 Å². The Kier molecular flexibility index (Phi) is 2.08. The minimum absolute atomic E-state index is 0.232. The summed E-state index contributed by atoms with van der Waals surface area (Å²) in [6.45, 7) is 0. The average Bonchev–Trinajstić information content (AvgIpc) is 2.98. The third kappa shape index (κ3) is 1.53. The van der Waals surface area contributed by atoms with Crippen molar-refractivity contribution in [3.05, 3.63) is 30.7 Å². The maximum Gasteiger partial charge on any atom is 0.230 e. The van der Waals surface area contributed by atoms with Crippen LogP contribution in [-0.4, -0.2) is 25.6 Å². The monoisotopic (exact) mass is 228 g/mol. The van der Waals surface area contributed by atoms with Gasteiger partial charge in [0.1, 0.15) is 11.4 Å². The van der Waals surface area contributed by atoms with Crippen LogP contribution in [0.25, 0.3) is 22.5 Å². The number of pyridine rings is 1. The normalized spacial score (nSPS) is 10.6. The van der Waals surface area contributed by atoms with E-state index >= 15 is 0 Å². The molecule has 0 aliphatic heterocycles. The molecule has 0 spiro atoms. The van der Waals surface area contributed by atoms with E-state index in [2.05, 4.69) is 25.6 Å². The predicted molar refractivity (Wildman–Crippen MR) is 59.5 cm³/mol. The van der Waals surface area contributed by atoms with Crippen LogP contribution < -0.4 is 5.73 Å². The van der Waals surface area contributed by atoms with E-state index in [1.165, 1.54) is 0 Å². The number of nitrogens with zero attached hydrogens (tertiary/aromatic N) is 4. The van der Waals surface area contributed by atoms with Gasteiger partial charge in [0.15, 0.2) is 0 Å². The van der Waals surface area contributed by atoms with Gasteiger partial charge < -0.3 is 10.3 Å². The number of aromatic nitrogens is 5. The van der Waals surface area contributed by atoms with Gasteiger partial charge in [-0.3, -0.25) is 4.98 Å². The van der Waals surface area contributed by atoms with E-state index in [4.69, 9.17) is 10.3 Å². The van der Waals surface area contributed by atoms with Gasteiger partial charge in [0.05, 0.1) is 11.8 Å². The number of nitrogens with two attached hydrogens (primary N) is 1. The largest absolute Gasteiger partial charge is 0.367 e. The molecule has 0 saturated heterocycles. The molecule has 0 fully saturated rings. The minimum atomic E-state index is 0.232. The van der Waals surface area contributed by atoms with Gasteiger partial charge in [0.2, 0.25) is 5.88 Å². The lowest BCUT2D eigenvalue weighted by Crippen LogP contribution is -1.88. The Morgan fingerprint density at radius 2 is 2.24 bits per heavy atom. The van der Waals surface area contributed by atoms with Crippen molar-refractivity contribution in [1.29, 1.82) is 0 Å². The highest BCUT2D eigenvalue weighted by molar-refractivity contribution is 5.84. The average molecular weight is 228 g/mol. The number of hydrogen-bond donors (Lipinski definition) is 2. The van der Waals surface area contributed by atoms with Crippen LogP contribution >= 0.6 is 0 Å². The second kappa shape index (κ2) is 3.71. The van der Waals surface area contributed by atoms with Crippen LogP contribution in [0.15, 0.2) is 35.2 Å². The first kappa shape index (κ1) is 9.52. The molecule has 0 amide bonds. The summed E-state index contributed by atoms with van der Waals surface area (Å²) in [5.74, 6) is 0.232. The van der Waals surface area contributed by atoms with Gasteiger partial charge in [-0.1, -0.05) is 11.2 Å². The molecule has 0 aliphatic carbocycles. The summed E-state index contributed by atoms with van der Waals surface area (Å²) < 4.78 is 4.99. The van der Waals surface area contributed by atoms with Crippen molar-refractivity contribution in [3.8, 4) is 22.5 Å². The Bertz CT molecular complexity index is 616. The van der Waals surface area contributed by atoms with Crippen molar-refractivity contribution in [1.82, 2.24) is 25.6 Å². The molecular weight excluding hydrogens is 220 g/mol. The highest BCUT2D eigenvalue weighted by Gasteiger charge is 2.19. The van der Waals surface area contributed by atoms with Crippen molar-refractivity contribution in [3.63, 3.8) is 0 Å². The van der Waals surface area contributed by atoms with Crippen LogP contribution in [-0.2, 0) is 0 Å². The lowest BCUT2D eigenvalue weighted by Gasteiger charge is -1.98. The molecule has 0 bridgehead atoms. The first-order valence-electron chi connectivity index (χ1n) is 4.88. The van der Waals surface area contributed by atoms with Gasteiger partial charge in [-0.25, -0.2) is 0 Å². The maximum absolute atomic E-state index is 5.76. The molecule has 0 radical (unpaired) electrons. The number of nitrogen functional groups attached to an aromatic ring is 1. The third-order valence-electron chi connectivity index (χ3n) is 2.33. The molecule has 0 saturated carbocycles. The van der Waals surface area contributed by atoms with Crippen molar-refractivity contribution < 1.29 is 4.52 Å². The molecule has 0 aromatic carbocycles. The third-order valence-corrected chi connectivity index (χ3v) is 2.33. The highest BCUT2D eigenvalue weighted by Crippen LogP contribution is 2.34. The SMILES string of the molecule is Nc1onc(-c2cn[nH]n2)c1-c1cccnc1. The standard InChI is InChI=1S/C10H8N6O/c11-10-8(6-2-1-3-12-4-6)9(15-17-10)7-5-13-16-14-7/h1-5H,11H2,(H,13,14,16). The molecule has 3 heterocycles.